The van der Waals surface area contributed by atoms with Gasteiger partial charge >= 0.3 is 5.97 Å². The van der Waals surface area contributed by atoms with Crippen molar-refractivity contribution in [2.45, 2.75) is 36.8 Å². The van der Waals surface area contributed by atoms with Crippen LogP contribution in [0.3, 0.4) is 0 Å². The van der Waals surface area contributed by atoms with E-state index >= 15 is 0 Å². The zero-order valence-electron chi connectivity index (χ0n) is 17.8. The number of nitrogens with zero attached hydrogens (tertiary/aromatic N) is 1. The molecule has 1 aromatic heterocycles. The minimum atomic E-state index is -1.06. The van der Waals surface area contributed by atoms with Crippen LogP contribution in [0, 0.1) is 0 Å². The van der Waals surface area contributed by atoms with Crippen LogP contribution in [0.1, 0.15) is 25.3 Å². The summed E-state index contributed by atoms with van der Waals surface area (Å²) in [6.07, 6.45) is 1.30. The standard InChI is InChI=1S/C23H26ClNO4S3/c1-2-3-12-32(27)16-19(14-28-13-17-8-10-18(24)11-9-17)29-22(26)15-30-23-25-20-6-4-5-7-21(20)31-23/h4-11,19H,2-3,12-16H2,1H3. The van der Waals surface area contributed by atoms with Crippen LogP contribution in [0.15, 0.2) is 52.9 Å². The second-order valence-corrected chi connectivity index (χ2v) is 11.5. The first-order chi connectivity index (χ1) is 15.5. The first-order valence-electron chi connectivity index (χ1n) is 10.4. The van der Waals surface area contributed by atoms with Gasteiger partial charge in [-0.25, -0.2) is 4.98 Å². The van der Waals surface area contributed by atoms with E-state index in [0.717, 1.165) is 33.0 Å². The lowest BCUT2D eigenvalue weighted by molar-refractivity contribution is -0.147. The number of unbranched alkanes of at least 4 members (excludes halogenated alkanes) is 1. The van der Waals surface area contributed by atoms with E-state index in [2.05, 4.69) is 11.9 Å². The zero-order chi connectivity index (χ0) is 22.8. The molecule has 0 fully saturated rings. The molecular weight excluding hydrogens is 486 g/mol. The van der Waals surface area contributed by atoms with Crippen LogP contribution in [0.25, 0.3) is 10.2 Å². The van der Waals surface area contributed by atoms with Crippen molar-refractivity contribution < 1.29 is 18.5 Å². The highest BCUT2D eigenvalue weighted by Gasteiger charge is 2.19. The van der Waals surface area contributed by atoms with Gasteiger partial charge in [0.05, 0.1) is 34.9 Å². The maximum absolute atomic E-state index is 12.5. The summed E-state index contributed by atoms with van der Waals surface area (Å²) in [5, 5.41) is 0.664. The topological polar surface area (TPSA) is 65.5 Å². The molecular formula is C23H26ClNO4S3. The van der Waals surface area contributed by atoms with E-state index in [9.17, 15) is 9.00 Å². The Labute approximate surface area is 204 Å². The highest BCUT2D eigenvalue weighted by Crippen LogP contribution is 2.29. The minimum Gasteiger partial charge on any atom is -0.458 e. The summed E-state index contributed by atoms with van der Waals surface area (Å²) in [6.45, 7) is 2.62. The molecule has 0 N–H and O–H groups in total. The molecule has 0 aliphatic carbocycles. The number of ether oxygens (including phenoxy) is 2. The molecule has 0 spiro atoms. The van der Waals surface area contributed by atoms with E-state index in [1.807, 2.05) is 36.4 Å². The third kappa shape index (κ3) is 8.48. The molecule has 2 atom stereocenters. The molecule has 0 saturated carbocycles. The maximum Gasteiger partial charge on any atom is 0.316 e. The van der Waals surface area contributed by atoms with Crippen LogP contribution in [-0.2, 0) is 31.7 Å². The number of rotatable bonds is 13. The normalized spacial score (nSPS) is 13.2. The summed E-state index contributed by atoms with van der Waals surface area (Å²) in [5.41, 5.74) is 1.89. The summed E-state index contributed by atoms with van der Waals surface area (Å²) >= 11 is 8.82. The molecule has 0 bridgehead atoms. The van der Waals surface area contributed by atoms with E-state index in [4.69, 9.17) is 21.1 Å². The van der Waals surface area contributed by atoms with Crippen LogP contribution in [0.4, 0.5) is 0 Å². The summed E-state index contributed by atoms with van der Waals surface area (Å²) < 4.78 is 25.7. The largest absolute Gasteiger partial charge is 0.458 e. The monoisotopic (exact) mass is 511 g/mol. The van der Waals surface area contributed by atoms with Gasteiger partial charge in [-0.05, 0) is 36.2 Å². The molecule has 3 aromatic rings. The van der Waals surface area contributed by atoms with Crippen molar-refractivity contribution in [1.82, 2.24) is 4.98 Å². The van der Waals surface area contributed by atoms with Crippen molar-refractivity contribution >= 4 is 61.7 Å². The Hall–Kier alpha value is -1.45. The third-order valence-electron chi connectivity index (χ3n) is 4.47. The average Bonchev–Trinajstić information content (AvgIpc) is 3.20. The van der Waals surface area contributed by atoms with Gasteiger partial charge in [0.15, 0.2) is 4.34 Å². The van der Waals surface area contributed by atoms with Crippen molar-refractivity contribution in [1.29, 1.82) is 0 Å². The molecule has 0 aliphatic heterocycles. The molecule has 5 nitrogen and oxygen atoms in total. The number of thiazole rings is 1. The van der Waals surface area contributed by atoms with Gasteiger partial charge in [-0.3, -0.25) is 9.00 Å². The van der Waals surface area contributed by atoms with Gasteiger partial charge in [0.1, 0.15) is 6.10 Å². The molecule has 0 amide bonds. The van der Waals surface area contributed by atoms with Gasteiger partial charge < -0.3 is 9.47 Å². The SMILES string of the molecule is CCCCS(=O)CC(COCc1ccc(Cl)cc1)OC(=O)CSc1nc2ccccc2s1. The maximum atomic E-state index is 12.5. The van der Waals surface area contributed by atoms with Crippen LogP contribution in [0.5, 0.6) is 0 Å². The van der Waals surface area contributed by atoms with Crippen molar-refractivity contribution in [2.75, 3.05) is 23.9 Å². The van der Waals surface area contributed by atoms with Crippen LogP contribution in [-0.4, -0.2) is 45.1 Å². The van der Waals surface area contributed by atoms with Gasteiger partial charge in [0.25, 0.3) is 0 Å². The number of thioether (sulfide) groups is 1. The Bertz CT molecular complexity index is 993. The lowest BCUT2D eigenvalue weighted by atomic mass is 10.2. The summed E-state index contributed by atoms with van der Waals surface area (Å²) in [6, 6.07) is 15.2. The van der Waals surface area contributed by atoms with E-state index in [0.29, 0.717) is 17.4 Å². The van der Waals surface area contributed by atoms with Crippen molar-refractivity contribution in [2.24, 2.45) is 0 Å². The van der Waals surface area contributed by atoms with Crippen molar-refractivity contribution in [3.05, 3.63) is 59.1 Å². The fraction of sp³-hybridized carbons (Fsp3) is 0.391. The lowest BCUT2D eigenvalue weighted by Gasteiger charge is -2.18. The molecule has 2 aromatic carbocycles. The number of halogens is 1. The first-order valence-corrected chi connectivity index (χ1v) is 14.1. The smallest absolute Gasteiger partial charge is 0.316 e. The molecule has 172 valence electrons. The Balaban J connectivity index is 1.51. The number of benzene rings is 2. The Morgan fingerprint density at radius 1 is 1.22 bits per heavy atom. The number of para-hydroxylation sites is 1. The van der Waals surface area contributed by atoms with Gasteiger partial charge in [-0.1, -0.05) is 61.0 Å². The predicted molar refractivity (Wildman–Crippen MR) is 134 cm³/mol. The summed E-state index contributed by atoms with van der Waals surface area (Å²) in [4.78, 5) is 17.0. The molecule has 0 radical (unpaired) electrons. The van der Waals surface area contributed by atoms with Gasteiger partial charge in [-0.15, -0.1) is 11.3 Å². The molecule has 9 heteroatoms. The molecule has 3 rings (SSSR count). The number of carbonyl (C=O) groups excluding carboxylic acids is 1. The van der Waals surface area contributed by atoms with Gasteiger partial charge in [-0.2, -0.15) is 0 Å². The predicted octanol–water partition coefficient (Wildman–Crippen LogP) is 5.72. The second-order valence-electron chi connectivity index (χ2n) is 7.15. The average molecular weight is 512 g/mol. The van der Waals surface area contributed by atoms with Crippen LogP contribution >= 0.6 is 34.7 Å². The van der Waals surface area contributed by atoms with Gasteiger partial charge in [0.2, 0.25) is 0 Å². The number of hydrogen-bond donors (Lipinski definition) is 0. The number of fused-ring (bicyclic) bond motifs is 1. The van der Waals surface area contributed by atoms with E-state index in [-0.39, 0.29) is 24.1 Å². The summed E-state index contributed by atoms with van der Waals surface area (Å²) in [7, 11) is -1.06. The fourth-order valence-corrected chi connectivity index (χ4v) is 6.19. The molecule has 1 heterocycles. The van der Waals surface area contributed by atoms with Crippen molar-refractivity contribution in [3.8, 4) is 0 Å². The fourth-order valence-electron chi connectivity index (χ4n) is 2.85. The van der Waals surface area contributed by atoms with E-state index < -0.39 is 16.9 Å². The Kier molecular flexibility index (Phi) is 10.5. The zero-order valence-corrected chi connectivity index (χ0v) is 21.0. The van der Waals surface area contributed by atoms with E-state index in [1.165, 1.54) is 11.8 Å². The minimum absolute atomic E-state index is 0.148. The molecule has 0 aliphatic rings. The molecule has 2 unspecified atom stereocenters. The lowest BCUT2D eigenvalue weighted by Crippen LogP contribution is -2.30. The highest BCUT2D eigenvalue weighted by molar-refractivity contribution is 8.01. The number of aromatic nitrogens is 1. The molecule has 0 saturated heterocycles. The number of esters is 1. The summed E-state index contributed by atoms with van der Waals surface area (Å²) in [5.74, 6) is 0.664. The van der Waals surface area contributed by atoms with Crippen molar-refractivity contribution in [3.63, 3.8) is 0 Å². The van der Waals surface area contributed by atoms with Gasteiger partial charge in [0, 0.05) is 21.6 Å². The molecule has 32 heavy (non-hydrogen) atoms. The highest BCUT2D eigenvalue weighted by atomic mass is 35.5. The quantitative estimate of drug-likeness (QED) is 0.216. The second kappa shape index (κ2) is 13.3. The van der Waals surface area contributed by atoms with E-state index in [1.54, 1.807) is 23.5 Å². The Morgan fingerprint density at radius 3 is 2.75 bits per heavy atom. The third-order valence-corrected chi connectivity index (χ3v) is 8.36. The first kappa shape index (κ1) is 25.2. The van der Waals surface area contributed by atoms with Crippen LogP contribution < -0.4 is 0 Å². The number of hydrogen-bond acceptors (Lipinski definition) is 7. The number of carbonyl (C=O) groups is 1. The Morgan fingerprint density at radius 2 is 2.00 bits per heavy atom. The van der Waals surface area contributed by atoms with Crippen LogP contribution in [0.2, 0.25) is 5.02 Å².